The molecule has 1 N–H and O–H groups in total. The van der Waals surface area contributed by atoms with Crippen molar-refractivity contribution < 1.29 is 9.90 Å². The third-order valence-corrected chi connectivity index (χ3v) is 4.90. The van der Waals surface area contributed by atoms with Crippen LogP contribution in [-0.2, 0) is 4.79 Å². The molecule has 4 heteroatoms. The maximum absolute atomic E-state index is 10.3. The summed E-state index contributed by atoms with van der Waals surface area (Å²) in [6.07, 6.45) is 19.3. The molecule has 0 aliphatic rings. The summed E-state index contributed by atoms with van der Waals surface area (Å²) in [6.45, 7) is 2.27. The van der Waals surface area contributed by atoms with Gasteiger partial charge in [-0.2, -0.15) is 11.8 Å². The molecule has 0 aromatic rings. The molecule has 0 fully saturated rings. The van der Waals surface area contributed by atoms with Gasteiger partial charge in [-0.25, -0.2) is 0 Å². The molecule has 0 atom stereocenters. The first-order valence-electron chi connectivity index (χ1n) is 9.07. The van der Waals surface area contributed by atoms with Crippen LogP contribution in [-0.4, -0.2) is 45.6 Å². The van der Waals surface area contributed by atoms with Gasteiger partial charge in [-0.1, -0.05) is 90.4 Å². The first-order valence-corrected chi connectivity index (χ1v) is 10.2. The van der Waals surface area contributed by atoms with Crippen molar-refractivity contribution in [2.24, 2.45) is 0 Å². The van der Waals surface area contributed by atoms with Gasteiger partial charge in [-0.05, 0) is 12.2 Å². The second-order valence-electron chi connectivity index (χ2n) is 6.04. The molecule has 0 aromatic heterocycles. The minimum absolute atomic E-state index is 0. The summed E-state index contributed by atoms with van der Waals surface area (Å²) < 4.78 is 0. The number of hydrogen-bond acceptors (Lipinski definition) is 2. The average molecular weight is 343 g/mol. The Morgan fingerprint density at radius 3 is 1.45 bits per heavy atom. The van der Waals surface area contributed by atoms with E-state index in [2.05, 4.69) is 6.92 Å². The van der Waals surface area contributed by atoms with Crippen molar-refractivity contribution >= 4 is 40.8 Å². The quantitative estimate of drug-likeness (QED) is 0.285. The number of carboxylic acids is 1. The summed E-state index contributed by atoms with van der Waals surface area (Å²) in [5, 5.41) is 8.51. The summed E-state index contributed by atoms with van der Waals surface area (Å²) in [7, 11) is 0. The van der Waals surface area contributed by atoms with Crippen LogP contribution < -0.4 is 0 Å². The molecule has 0 aromatic carbocycles. The van der Waals surface area contributed by atoms with Crippen molar-refractivity contribution in [2.75, 3.05) is 11.5 Å². The second-order valence-corrected chi connectivity index (χ2v) is 7.15. The Morgan fingerprint density at radius 2 is 1.09 bits per heavy atom. The molecular weight excluding hydrogens is 305 g/mol. The largest absolute Gasteiger partial charge is 0.481 e. The van der Waals surface area contributed by atoms with Gasteiger partial charge in [0.25, 0.3) is 0 Å². The van der Waals surface area contributed by atoms with Gasteiger partial charge < -0.3 is 5.11 Å². The first-order chi connectivity index (χ1) is 10.3. The predicted octanol–water partition coefficient (Wildman–Crippen LogP) is 5.37. The maximum Gasteiger partial charge on any atom is 0.316 e. The van der Waals surface area contributed by atoms with Crippen LogP contribution in [0.15, 0.2) is 0 Å². The first kappa shape index (κ1) is 24.8. The summed E-state index contributed by atoms with van der Waals surface area (Å²) >= 11 is 1.55. The standard InChI is InChI=1S/C18H36O2S.Mg.2H/c1-2-3-4-5-6-7-8-9-10-11-12-13-14-15-16-21-17-18(19)20;;;/h2-17H2,1H3,(H,19,20);;;. The zero-order valence-corrected chi connectivity index (χ0v) is 14.9. The lowest BCUT2D eigenvalue weighted by molar-refractivity contribution is -0.133. The molecule has 0 heterocycles. The lowest BCUT2D eigenvalue weighted by atomic mass is 10.0. The van der Waals surface area contributed by atoms with Gasteiger partial charge in [0, 0.05) is 0 Å². The fourth-order valence-electron chi connectivity index (χ4n) is 2.56. The molecule has 0 aliphatic heterocycles. The maximum atomic E-state index is 10.3. The van der Waals surface area contributed by atoms with E-state index in [1.165, 1.54) is 89.9 Å². The van der Waals surface area contributed by atoms with Crippen LogP contribution in [0.5, 0.6) is 0 Å². The summed E-state index contributed by atoms with van der Waals surface area (Å²) in [5.41, 5.74) is 0. The van der Waals surface area contributed by atoms with E-state index in [0.717, 1.165) is 5.75 Å². The Morgan fingerprint density at radius 1 is 0.727 bits per heavy atom. The van der Waals surface area contributed by atoms with E-state index in [1.807, 2.05) is 0 Å². The van der Waals surface area contributed by atoms with Crippen molar-refractivity contribution in [2.45, 2.75) is 96.8 Å². The SMILES string of the molecule is CCCCCCCCCCCCCCCCSCC(=O)O.[MgH2]. The number of carboxylic acid groups (broad SMARTS) is 1. The third-order valence-electron chi connectivity index (χ3n) is 3.87. The summed E-state index contributed by atoms with van der Waals surface area (Å²) in [6, 6.07) is 0. The van der Waals surface area contributed by atoms with Gasteiger partial charge >= 0.3 is 29.0 Å². The van der Waals surface area contributed by atoms with E-state index in [-0.39, 0.29) is 28.8 Å². The Bertz CT molecular complexity index is 225. The number of hydrogen-bond donors (Lipinski definition) is 1. The molecule has 0 rings (SSSR count). The topological polar surface area (TPSA) is 37.3 Å². The molecule has 0 radical (unpaired) electrons. The van der Waals surface area contributed by atoms with Gasteiger partial charge in [0.05, 0.1) is 5.75 Å². The summed E-state index contributed by atoms with van der Waals surface area (Å²) in [4.78, 5) is 10.3. The van der Waals surface area contributed by atoms with Crippen LogP contribution in [0.25, 0.3) is 0 Å². The number of aliphatic carboxylic acids is 1. The van der Waals surface area contributed by atoms with Gasteiger partial charge in [0.2, 0.25) is 0 Å². The zero-order valence-electron chi connectivity index (χ0n) is 14.1. The number of rotatable bonds is 17. The van der Waals surface area contributed by atoms with Crippen LogP contribution >= 0.6 is 11.8 Å². The Hall–Kier alpha value is 0.586. The number of unbranched alkanes of at least 4 members (excludes halogenated alkanes) is 13. The normalized spacial score (nSPS) is 10.4. The summed E-state index contributed by atoms with van der Waals surface area (Å²) in [5.74, 6) is 0.577. The van der Waals surface area contributed by atoms with E-state index >= 15 is 0 Å². The third kappa shape index (κ3) is 22.9. The molecule has 0 aliphatic carbocycles. The van der Waals surface area contributed by atoms with Gasteiger partial charge in [-0.3, -0.25) is 4.79 Å². The molecule has 130 valence electrons. The molecule has 0 bridgehead atoms. The van der Waals surface area contributed by atoms with Crippen LogP contribution in [0.1, 0.15) is 96.8 Å². The molecule has 2 nitrogen and oxygen atoms in total. The highest BCUT2D eigenvalue weighted by Crippen LogP contribution is 2.13. The Labute approximate surface area is 158 Å². The van der Waals surface area contributed by atoms with Gasteiger partial charge in [0.15, 0.2) is 0 Å². The van der Waals surface area contributed by atoms with Crippen molar-refractivity contribution in [1.82, 2.24) is 0 Å². The second kappa shape index (κ2) is 21.6. The molecule has 0 spiro atoms. The van der Waals surface area contributed by atoms with E-state index in [1.54, 1.807) is 11.8 Å². The zero-order chi connectivity index (χ0) is 15.6. The highest BCUT2D eigenvalue weighted by Gasteiger charge is 1.97. The van der Waals surface area contributed by atoms with Crippen molar-refractivity contribution in [3.63, 3.8) is 0 Å². The van der Waals surface area contributed by atoms with E-state index < -0.39 is 5.97 Å². The van der Waals surface area contributed by atoms with Crippen molar-refractivity contribution in [1.29, 1.82) is 0 Å². The molecule has 0 saturated carbocycles. The van der Waals surface area contributed by atoms with Gasteiger partial charge in [-0.15, -0.1) is 0 Å². The van der Waals surface area contributed by atoms with Crippen molar-refractivity contribution in [3.8, 4) is 0 Å². The van der Waals surface area contributed by atoms with E-state index in [4.69, 9.17) is 5.11 Å². The number of carbonyl (C=O) groups is 1. The van der Waals surface area contributed by atoms with Crippen molar-refractivity contribution in [3.05, 3.63) is 0 Å². The minimum atomic E-state index is -0.689. The molecule has 22 heavy (non-hydrogen) atoms. The van der Waals surface area contributed by atoms with E-state index in [0.29, 0.717) is 0 Å². The highest BCUT2D eigenvalue weighted by atomic mass is 32.2. The van der Waals surface area contributed by atoms with Gasteiger partial charge in [0.1, 0.15) is 0 Å². The van der Waals surface area contributed by atoms with Crippen LogP contribution in [0, 0.1) is 0 Å². The minimum Gasteiger partial charge on any atom is -0.481 e. The average Bonchev–Trinajstić information content (AvgIpc) is 2.46. The van der Waals surface area contributed by atoms with Crippen LogP contribution in [0.2, 0.25) is 0 Å². The van der Waals surface area contributed by atoms with Crippen LogP contribution in [0.4, 0.5) is 0 Å². The molecule has 0 amide bonds. The predicted molar refractivity (Wildman–Crippen MR) is 104 cm³/mol. The lowest BCUT2D eigenvalue weighted by Gasteiger charge is -2.03. The van der Waals surface area contributed by atoms with E-state index in [9.17, 15) is 4.79 Å². The molecular formula is C18H38MgO2S. The molecule has 0 saturated heterocycles. The smallest absolute Gasteiger partial charge is 0.316 e. The van der Waals surface area contributed by atoms with Crippen LogP contribution in [0.3, 0.4) is 0 Å². The monoisotopic (exact) mass is 342 g/mol. The lowest BCUT2D eigenvalue weighted by Crippen LogP contribution is -1.98. The fourth-order valence-corrected chi connectivity index (χ4v) is 3.29. The highest BCUT2D eigenvalue weighted by molar-refractivity contribution is 7.99. The Balaban J connectivity index is 0. The molecule has 0 unspecified atom stereocenters. The number of thioether (sulfide) groups is 1. The Kier molecular flexibility index (Phi) is 24.4. The fraction of sp³-hybridized carbons (Fsp3) is 0.944.